The second-order valence-corrected chi connectivity index (χ2v) is 8.24. The van der Waals surface area contributed by atoms with E-state index >= 15 is 0 Å². The summed E-state index contributed by atoms with van der Waals surface area (Å²) >= 11 is 0. The second-order valence-electron chi connectivity index (χ2n) is 6.22. The molecule has 0 amide bonds. The predicted octanol–water partition coefficient (Wildman–Crippen LogP) is 3.57. The van der Waals surface area contributed by atoms with Gasteiger partial charge in [-0.2, -0.15) is 0 Å². The van der Waals surface area contributed by atoms with E-state index in [0.29, 0.717) is 16.9 Å². The van der Waals surface area contributed by atoms with Gasteiger partial charge < -0.3 is 5.32 Å². The second kappa shape index (κ2) is 6.93. The molecule has 1 aromatic carbocycles. The Hall–Kier alpha value is -0.870. The molecule has 1 N–H and O–H groups in total. The predicted molar refractivity (Wildman–Crippen MR) is 87.1 cm³/mol. The number of hydrogen-bond donors (Lipinski definition) is 1. The Morgan fingerprint density at radius 2 is 1.81 bits per heavy atom. The number of rotatable bonds is 5. The van der Waals surface area contributed by atoms with E-state index in [1.807, 2.05) is 19.2 Å². The van der Waals surface area contributed by atoms with Crippen LogP contribution in [0.2, 0.25) is 0 Å². The molecule has 1 saturated carbocycles. The Morgan fingerprint density at radius 1 is 1.19 bits per heavy atom. The van der Waals surface area contributed by atoms with E-state index in [-0.39, 0.29) is 0 Å². The van der Waals surface area contributed by atoms with E-state index in [9.17, 15) is 8.42 Å². The molecular weight excluding hydrogens is 282 g/mol. The van der Waals surface area contributed by atoms with Crippen LogP contribution in [0.3, 0.4) is 0 Å². The van der Waals surface area contributed by atoms with Gasteiger partial charge in [-0.1, -0.05) is 44.7 Å². The average Bonchev–Trinajstić information content (AvgIpc) is 2.48. The highest BCUT2D eigenvalue weighted by molar-refractivity contribution is 7.90. The fourth-order valence-electron chi connectivity index (χ4n) is 3.73. The highest BCUT2D eigenvalue weighted by Gasteiger charge is 2.30. The SMILES string of the molecule is CCC1CCCCC1C(NC)c1ccc(S(C)(=O)=O)cc1. The largest absolute Gasteiger partial charge is 0.313 e. The van der Waals surface area contributed by atoms with Gasteiger partial charge in [0, 0.05) is 12.3 Å². The normalized spacial score (nSPS) is 24.7. The fourth-order valence-corrected chi connectivity index (χ4v) is 4.36. The van der Waals surface area contributed by atoms with Gasteiger partial charge in [-0.15, -0.1) is 0 Å². The zero-order valence-electron chi connectivity index (χ0n) is 13.3. The van der Waals surface area contributed by atoms with Crippen molar-refractivity contribution < 1.29 is 8.42 Å². The maximum atomic E-state index is 11.6. The summed E-state index contributed by atoms with van der Waals surface area (Å²) in [6.45, 7) is 2.28. The van der Waals surface area contributed by atoms with Crippen molar-refractivity contribution in [2.75, 3.05) is 13.3 Å². The van der Waals surface area contributed by atoms with Crippen LogP contribution in [0.4, 0.5) is 0 Å². The van der Waals surface area contributed by atoms with Gasteiger partial charge in [0.25, 0.3) is 0 Å². The Kier molecular flexibility index (Phi) is 5.44. The first-order valence-corrected chi connectivity index (χ1v) is 9.83. The van der Waals surface area contributed by atoms with Gasteiger partial charge in [-0.25, -0.2) is 8.42 Å². The van der Waals surface area contributed by atoms with Crippen molar-refractivity contribution in [2.24, 2.45) is 11.8 Å². The van der Waals surface area contributed by atoms with Crippen LogP contribution >= 0.6 is 0 Å². The molecule has 0 aliphatic heterocycles. The summed E-state index contributed by atoms with van der Waals surface area (Å²) in [6, 6.07) is 7.74. The van der Waals surface area contributed by atoms with Gasteiger partial charge in [0.2, 0.25) is 0 Å². The first-order valence-electron chi connectivity index (χ1n) is 7.94. The van der Waals surface area contributed by atoms with E-state index in [4.69, 9.17) is 0 Å². The van der Waals surface area contributed by atoms with Crippen molar-refractivity contribution in [3.05, 3.63) is 29.8 Å². The lowest BCUT2D eigenvalue weighted by Gasteiger charge is -2.37. The molecule has 3 unspecified atom stereocenters. The lowest BCUT2D eigenvalue weighted by molar-refractivity contribution is 0.180. The van der Waals surface area contributed by atoms with Crippen LogP contribution in [0, 0.1) is 11.8 Å². The molecule has 1 aliphatic carbocycles. The van der Waals surface area contributed by atoms with Crippen molar-refractivity contribution >= 4 is 9.84 Å². The van der Waals surface area contributed by atoms with Crippen LogP contribution in [0.25, 0.3) is 0 Å². The maximum Gasteiger partial charge on any atom is 0.175 e. The fraction of sp³-hybridized carbons (Fsp3) is 0.647. The minimum atomic E-state index is -3.11. The zero-order chi connectivity index (χ0) is 15.5. The molecule has 3 nitrogen and oxygen atoms in total. The molecule has 1 fully saturated rings. The van der Waals surface area contributed by atoms with Crippen LogP contribution in [0.5, 0.6) is 0 Å². The summed E-state index contributed by atoms with van der Waals surface area (Å²) < 4.78 is 23.1. The van der Waals surface area contributed by atoms with Crippen molar-refractivity contribution in [1.29, 1.82) is 0 Å². The number of nitrogens with one attached hydrogen (secondary N) is 1. The van der Waals surface area contributed by atoms with E-state index in [2.05, 4.69) is 12.2 Å². The maximum absolute atomic E-state index is 11.6. The number of sulfone groups is 1. The summed E-state index contributed by atoms with van der Waals surface area (Å²) in [7, 11) is -1.10. The van der Waals surface area contributed by atoms with Crippen molar-refractivity contribution in [3.8, 4) is 0 Å². The van der Waals surface area contributed by atoms with Gasteiger partial charge in [0.05, 0.1) is 4.90 Å². The first kappa shape index (κ1) is 16.5. The zero-order valence-corrected chi connectivity index (χ0v) is 14.1. The molecule has 0 spiro atoms. The summed E-state index contributed by atoms with van der Waals surface area (Å²) in [5, 5.41) is 3.46. The molecule has 4 heteroatoms. The van der Waals surface area contributed by atoms with Crippen molar-refractivity contribution in [1.82, 2.24) is 5.32 Å². The standard InChI is InChI=1S/C17H27NO2S/c1-4-13-7-5-6-8-16(13)17(18-2)14-9-11-15(12-10-14)21(3,19)20/h9-13,16-18H,4-8H2,1-3H3. The lowest BCUT2D eigenvalue weighted by atomic mass is 9.72. The van der Waals surface area contributed by atoms with Crippen LogP contribution in [0.15, 0.2) is 29.2 Å². The lowest BCUT2D eigenvalue weighted by Crippen LogP contribution is -2.32. The number of benzene rings is 1. The smallest absolute Gasteiger partial charge is 0.175 e. The number of hydrogen-bond acceptors (Lipinski definition) is 3. The molecule has 0 bridgehead atoms. The summed E-state index contributed by atoms with van der Waals surface area (Å²) in [5.74, 6) is 1.42. The summed E-state index contributed by atoms with van der Waals surface area (Å²) in [5.41, 5.74) is 1.20. The molecule has 2 rings (SSSR count). The van der Waals surface area contributed by atoms with Crippen molar-refractivity contribution in [2.45, 2.75) is 50.0 Å². The molecule has 0 heterocycles. The topological polar surface area (TPSA) is 46.2 Å². The molecule has 0 aromatic heterocycles. The van der Waals surface area contributed by atoms with E-state index in [1.165, 1.54) is 43.9 Å². The molecule has 1 aromatic rings. The highest BCUT2D eigenvalue weighted by atomic mass is 32.2. The Bertz CT molecular complexity index is 551. The average molecular weight is 309 g/mol. The highest BCUT2D eigenvalue weighted by Crippen LogP contribution is 2.40. The van der Waals surface area contributed by atoms with Crippen LogP contribution in [-0.2, 0) is 9.84 Å². The molecular formula is C17H27NO2S. The van der Waals surface area contributed by atoms with Crippen LogP contribution in [0.1, 0.15) is 50.6 Å². The Morgan fingerprint density at radius 3 is 2.33 bits per heavy atom. The monoisotopic (exact) mass is 309 g/mol. The van der Waals surface area contributed by atoms with E-state index in [0.717, 1.165) is 5.92 Å². The van der Waals surface area contributed by atoms with Crippen LogP contribution in [-0.4, -0.2) is 21.7 Å². The molecule has 118 valence electrons. The third-order valence-corrected chi connectivity index (χ3v) is 6.03. The van der Waals surface area contributed by atoms with Gasteiger partial charge in [0.15, 0.2) is 9.84 Å². The van der Waals surface area contributed by atoms with E-state index in [1.54, 1.807) is 12.1 Å². The summed E-state index contributed by atoms with van der Waals surface area (Å²) in [6.07, 6.45) is 7.72. The third-order valence-electron chi connectivity index (χ3n) is 4.90. The Labute approximate surface area is 129 Å². The quantitative estimate of drug-likeness (QED) is 0.904. The first-order chi connectivity index (χ1) is 9.97. The summed E-state index contributed by atoms with van der Waals surface area (Å²) in [4.78, 5) is 0.400. The van der Waals surface area contributed by atoms with Gasteiger partial charge >= 0.3 is 0 Å². The molecule has 0 saturated heterocycles. The molecule has 1 aliphatic rings. The van der Waals surface area contributed by atoms with Crippen molar-refractivity contribution in [3.63, 3.8) is 0 Å². The van der Waals surface area contributed by atoms with E-state index < -0.39 is 9.84 Å². The minimum absolute atomic E-state index is 0.323. The van der Waals surface area contributed by atoms with Crippen LogP contribution < -0.4 is 5.32 Å². The molecule has 0 radical (unpaired) electrons. The molecule has 21 heavy (non-hydrogen) atoms. The molecule has 3 atom stereocenters. The minimum Gasteiger partial charge on any atom is -0.313 e. The third kappa shape index (κ3) is 3.86. The van der Waals surface area contributed by atoms with Gasteiger partial charge in [0.1, 0.15) is 0 Å². The Balaban J connectivity index is 2.24. The van der Waals surface area contributed by atoms with Gasteiger partial charge in [-0.3, -0.25) is 0 Å². The van der Waals surface area contributed by atoms with Gasteiger partial charge in [-0.05, 0) is 43.0 Å².